The van der Waals surface area contributed by atoms with Crippen molar-refractivity contribution in [3.8, 4) is 0 Å². The number of carbonyl (C=O) groups is 1. The number of amides is 1. The summed E-state index contributed by atoms with van der Waals surface area (Å²) >= 11 is 0. The predicted molar refractivity (Wildman–Crippen MR) is 48.6 cm³/mol. The second kappa shape index (κ2) is 6.82. The molecule has 0 aliphatic rings. The van der Waals surface area contributed by atoms with E-state index >= 15 is 0 Å². The van der Waals surface area contributed by atoms with Gasteiger partial charge in [0.2, 0.25) is 5.91 Å². The number of nitrogens with one attached hydrogen (secondary N) is 1. The highest BCUT2D eigenvalue weighted by Gasteiger charge is 2.00. The van der Waals surface area contributed by atoms with Crippen LogP contribution < -0.4 is 5.32 Å². The first-order valence-corrected chi connectivity index (χ1v) is 3.76. The Kier molecular flexibility index (Phi) is 6.02. The molecule has 1 N–H and O–H groups in total. The van der Waals surface area contributed by atoms with Gasteiger partial charge < -0.3 is 10.1 Å². The Labute approximate surface area is 80.7 Å². The zero-order chi connectivity index (χ0) is 11.0. The van der Waals surface area contributed by atoms with Crippen molar-refractivity contribution in [2.75, 3.05) is 6.54 Å². The summed E-state index contributed by atoms with van der Waals surface area (Å²) in [6, 6.07) is 0. The zero-order valence-electron chi connectivity index (χ0n) is 7.50. The van der Waals surface area contributed by atoms with E-state index in [0.29, 0.717) is 0 Å². The fourth-order valence-corrected chi connectivity index (χ4v) is 0.576. The summed E-state index contributed by atoms with van der Waals surface area (Å²) in [6.07, 6.45) is 3.79. The average molecular weight is 203 g/mol. The summed E-state index contributed by atoms with van der Waals surface area (Å²) in [5.41, 5.74) is 0. The molecule has 0 heterocycles. The minimum absolute atomic E-state index is 0.159. The number of allylic oxidation sites excluding steroid dienone is 1. The van der Waals surface area contributed by atoms with Crippen molar-refractivity contribution in [3.63, 3.8) is 0 Å². The molecule has 0 radical (unpaired) electrons. The standard InChI is InChI=1S/C9H11F2NO2/c1-3-8(13)12-6-4-5-7(2)14-9(10)11/h3-5,9H,1-2,6H2,(H,12,13)/b5-4+. The molecule has 3 nitrogen and oxygen atoms in total. The molecular formula is C9H11F2NO2. The maximum atomic E-state index is 11.6. The van der Waals surface area contributed by atoms with Crippen LogP contribution >= 0.6 is 0 Å². The van der Waals surface area contributed by atoms with Gasteiger partial charge >= 0.3 is 6.61 Å². The van der Waals surface area contributed by atoms with Crippen molar-refractivity contribution in [1.29, 1.82) is 0 Å². The molecule has 0 bridgehead atoms. The molecule has 0 unspecified atom stereocenters. The molecule has 0 saturated heterocycles. The quantitative estimate of drug-likeness (QED) is 0.404. The van der Waals surface area contributed by atoms with E-state index in [1.54, 1.807) is 0 Å². The smallest absolute Gasteiger partial charge is 0.387 e. The minimum Gasteiger partial charge on any atom is -0.435 e. The Balaban J connectivity index is 3.67. The molecule has 0 aromatic carbocycles. The summed E-state index contributed by atoms with van der Waals surface area (Å²) in [5.74, 6) is -0.497. The Morgan fingerprint density at radius 2 is 2.21 bits per heavy atom. The van der Waals surface area contributed by atoms with Crippen molar-refractivity contribution in [2.45, 2.75) is 6.61 Å². The van der Waals surface area contributed by atoms with E-state index in [1.165, 1.54) is 12.2 Å². The van der Waals surface area contributed by atoms with Crippen LogP contribution in [0, 0.1) is 0 Å². The van der Waals surface area contributed by atoms with Gasteiger partial charge in [-0.15, -0.1) is 0 Å². The number of alkyl halides is 2. The first-order valence-electron chi connectivity index (χ1n) is 3.76. The second-order valence-electron chi connectivity index (χ2n) is 2.20. The average Bonchev–Trinajstić information content (AvgIpc) is 2.10. The van der Waals surface area contributed by atoms with Gasteiger partial charge in [0.05, 0.1) is 0 Å². The molecule has 0 aromatic heterocycles. The molecule has 0 aromatic rings. The van der Waals surface area contributed by atoms with Crippen molar-refractivity contribution in [2.24, 2.45) is 0 Å². The summed E-state index contributed by atoms with van der Waals surface area (Å²) in [6.45, 7) is 3.77. The summed E-state index contributed by atoms with van der Waals surface area (Å²) in [4.78, 5) is 10.6. The highest BCUT2D eigenvalue weighted by atomic mass is 19.3. The predicted octanol–water partition coefficient (Wildman–Crippen LogP) is 1.60. The van der Waals surface area contributed by atoms with Crippen LogP contribution in [0.1, 0.15) is 0 Å². The minimum atomic E-state index is -2.88. The van der Waals surface area contributed by atoms with Gasteiger partial charge in [-0.2, -0.15) is 8.78 Å². The summed E-state index contributed by atoms with van der Waals surface area (Å²) in [5, 5.41) is 2.41. The normalized spacial score (nSPS) is 10.2. The third-order valence-electron chi connectivity index (χ3n) is 1.12. The van der Waals surface area contributed by atoms with Gasteiger partial charge in [0.15, 0.2) is 0 Å². The van der Waals surface area contributed by atoms with Crippen LogP contribution in [0.4, 0.5) is 8.78 Å². The lowest BCUT2D eigenvalue weighted by atomic mass is 10.4. The lowest BCUT2D eigenvalue weighted by Gasteiger charge is -2.02. The van der Waals surface area contributed by atoms with Gasteiger partial charge in [0.1, 0.15) is 5.76 Å². The van der Waals surface area contributed by atoms with Crippen LogP contribution in [0.5, 0.6) is 0 Å². The van der Waals surface area contributed by atoms with E-state index in [0.717, 1.165) is 6.08 Å². The summed E-state index contributed by atoms with van der Waals surface area (Å²) < 4.78 is 27.1. The Morgan fingerprint density at radius 1 is 1.57 bits per heavy atom. The maximum Gasteiger partial charge on any atom is 0.387 e. The fourth-order valence-electron chi connectivity index (χ4n) is 0.576. The SMILES string of the molecule is C=CC(=O)NC/C=C/C(=C)OC(F)F. The number of hydrogen-bond donors (Lipinski definition) is 1. The fraction of sp³-hybridized carbons (Fsp3) is 0.222. The van der Waals surface area contributed by atoms with Crippen LogP contribution in [-0.2, 0) is 9.53 Å². The van der Waals surface area contributed by atoms with E-state index in [2.05, 4.69) is 23.2 Å². The van der Waals surface area contributed by atoms with Crippen molar-refractivity contribution >= 4 is 5.91 Å². The topological polar surface area (TPSA) is 38.3 Å². The third-order valence-corrected chi connectivity index (χ3v) is 1.12. The first-order chi connectivity index (χ1) is 6.56. The number of ether oxygens (including phenoxy) is 1. The van der Waals surface area contributed by atoms with Crippen molar-refractivity contribution in [3.05, 3.63) is 37.1 Å². The number of rotatable bonds is 6. The summed E-state index contributed by atoms with van der Waals surface area (Å²) in [7, 11) is 0. The molecule has 0 aliphatic carbocycles. The number of halogens is 2. The molecule has 5 heteroatoms. The van der Waals surface area contributed by atoms with E-state index in [-0.39, 0.29) is 18.2 Å². The van der Waals surface area contributed by atoms with Crippen molar-refractivity contribution < 1.29 is 18.3 Å². The molecule has 0 spiro atoms. The monoisotopic (exact) mass is 203 g/mol. The van der Waals surface area contributed by atoms with Gasteiger partial charge in [-0.3, -0.25) is 4.79 Å². The Hall–Kier alpha value is -1.65. The Morgan fingerprint density at radius 3 is 2.71 bits per heavy atom. The molecular weight excluding hydrogens is 192 g/mol. The van der Waals surface area contributed by atoms with Gasteiger partial charge in [-0.05, 0) is 12.2 Å². The molecule has 78 valence electrons. The van der Waals surface area contributed by atoms with E-state index in [1.807, 2.05) is 0 Å². The van der Waals surface area contributed by atoms with E-state index in [4.69, 9.17) is 0 Å². The van der Waals surface area contributed by atoms with Gasteiger partial charge in [-0.1, -0.05) is 19.2 Å². The van der Waals surface area contributed by atoms with Crippen LogP contribution in [0.15, 0.2) is 37.1 Å². The van der Waals surface area contributed by atoms with Gasteiger partial charge in [0.25, 0.3) is 0 Å². The largest absolute Gasteiger partial charge is 0.435 e. The van der Waals surface area contributed by atoms with Crippen LogP contribution in [-0.4, -0.2) is 19.1 Å². The number of carbonyl (C=O) groups excluding carboxylic acids is 1. The second-order valence-corrected chi connectivity index (χ2v) is 2.20. The molecule has 1 amide bonds. The molecule has 0 fully saturated rings. The molecule has 0 atom stereocenters. The third kappa shape index (κ3) is 7.02. The van der Waals surface area contributed by atoms with Crippen LogP contribution in [0.2, 0.25) is 0 Å². The lowest BCUT2D eigenvalue weighted by molar-refractivity contribution is -0.116. The molecule has 0 saturated carbocycles. The van der Waals surface area contributed by atoms with E-state index < -0.39 is 6.61 Å². The molecule has 14 heavy (non-hydrogen) atoms. The maximum absolute atomic E-state index is 11.6. The van der Waals surface area contributed by atoms with Crippen LogP contribution in [0.3, 0.4) is 0 Å². The Bertz CT molecular complexity index is 249. The van der Waals surface area contributed by atoms with Crippen LogP contribution in [0.25, 0.3) is 0 Å². The molecule has 0 aliphatic heterocycles. The van der Waals surface area contributed by atoms with E-state index in [9.17, 15) is 13.6 Å². The highest BCUT2D eigenvalue weighted by Crippen LogP contribution is 2.03. The zero-order valence-corrected chi connectivity index (χ0v) is 7.50. The van der Waals surface area contributed by atoms with Gasteiger partial charge in [0, 0.05) is 6.54 Å². The van der Waals surface area contributed by atoms with Gasteiger partial charge in [-0.25, -0.2) is 0 Å². The van der Waals surface area contributed by atoms with Crippen molar-refractivity contribution in [1.82, 2.24) is 5.32 Å². The lowest BCUT2D eigenvalue weighted by Crippen LogP contribution is -2.20. The number of hydrogen-bond acceptors (Lipinski definition) is 2. The first kappa shape index (κ1) is 12.3. The highest BCUT2D eigenvalue weighted by molar-refractivity contribution is 5.86. The molecule has 0 rings (SSSR count).